The lowest BCUT2D eigenvalue weighted by Crippen LogP contribution is -2.50. The summed E-state index contributed by atoms with van der Waals surface area (Å²) < 4.78 is 4.49. The third-order valence-electron chi connectivity index (χ3n) is 6.15. The molecule has 3 N–H and O–H groups in total. The second-order valence-electron chi connectivity index (χ2n) is 8.20. The van der Waals surface area contributed by atoms with Crippen LogP contribution in [0.1, 0.15) is 44.9 Å². The van der Waals surface area contributed by atoms with Gasteiger partial charge in [0.2, 0.25) is 11.8 Å². The highest BCUT2D eigenvalue weighted by atomic mass is 16.5. The van der Waals surface area contributed by atoms with Crippen molar-refractivity contribution in [2.45, 2.75) is 51.0 Å². The molecule has 140 valence electrons. The molecule has 0 aromatic carbocycles. The van der Waals surface area contributed by atoms with E-state index < -0.39 is 24.5 Å². The van der Waals surface area contributed by atoms with Crippen LogP contribution in [0.2, 0.25) is 0 Å². The Morgan fingerprint density at radius 3 is 2.12 bits per heavy atom. The number of methoxy groups -OCH3 is 1. The van der Waals surface area contributed by atoms with Crippen LogP contribution in [0.4, 0.5) is 0 Å². The number of amides is 2. The van der Waals surface area contributed by atoms with E-state index >= 15 is 0 Å². The van der Waals surface area contributed by atoms with Gasteiger partial charge in [-0.3, -0.25) is 9.59 Å². The minimum Gasteiger partial charge on any atom is -0.467 e. The van der Waals surface area contributed by atoms with Crippen molar-refractivity contribution in [1.82, 2.24) is 10.6 Å². The molecule has 4 fully saturated rings. The second-order valence-corrected chi connectivity index (χ2v) is 8.20. The smallest absolute Gasteiger partial charge is 0.330 e. The molecule has 7 heteroatoms. The summed E-state index contributed by atoms with van der Waals surface area (Å²) in [5.41, 5.74) is 0.134. The largest absolute Gasteiger partial charge is 0.467 e. The fourth-order valence-corrected chi connectivity index (χ4v) is 5.66. The molecule has 0 aromatic rings. The molecule has 0 unspecified atom stereocenters. The molecule has 4 aliphatic rings. The lowest BCUT2D eigenvalue weighted by atomic mass is 9.49. The maximum absolute atomic E-state index is 12.3. The maximum Gasteiger partial charge on any atom is 0.330 e. The first kappa shape index (κ1) is 18.2. The first-order valence-corrected chi connectivity index (χ1v) is 9.18. The van der Waals surface area contributed by atoms with Crippen LogP contribution < -0.4 is 10.6 Å². The third-order valence-corrected chi connectivity index (χ3v) is 6.15. The molecule has 7 nitrogen and oxygen atoms in total. The molecule has 1 atom stereocenters. The summed E-state index contributed by atoms with van der Waals surface area (Å²) in [4.78, 5) is 35.5. The van der Waals surface area contributed by atoms with Crippen LogP contribution in [0.5, 0.6) is 0 Å². The summed E-state index contributed by atoms with van der Waals surface area (Å²) >= 11 is 0. The van der Waals surface area contributed by atoms with Gasteiger partial charge in [0.25, 0.3) is 0 Å². The van der Waals surface area contributed by atoms with Crippen molar-refractivity contribution >= 4 is 17.8 Å². The van der Waals surface area contributed by atoms with Gasteiger partial charge in [0.1, 0.15) is 0 Å². The summed E-state index contributed by atoms with van der Waals surface area (Å²) in [7, 11) is 1.18. The molecular weight excluding hydrogens is 324 g/mol. The van der Waals surface area contributed by atoms with E-state index in [1.54, 1.807) is 0 Å². The third kappa shape index (κ3) is 4.14. The van der Waals surface area contributed by atoms with Gasteiger partial charge in [-0.05, 0) is 61.7 Å². The number of nitrogens with one attached hydrogen (secondary N) is 2. The van der Waals surface area contributed by atoms with E-state index in [-0.39, 0.29) is 17.9 Å². The van der Waals surface area contributed by atoms with Crippen molar-refractivity contribution in [1.29, 1.82) is 0 Å². The molecule has 4 aliphatic carbocycles. The van der Waals surface area contributed by atoms with Crippen molar-refractivity contribution < 1.29 is 24.2 Å². The first-order valence-electron chi connectivity index (χ1n) is 9.18. The molecule has 0 saturated heterocycles. The molecule has 4 bridgehead atoms. The quantitative estimate of drug-likeness (QED) is 0.574. The van der Waals surface area contributed by atoms with Crippen molar-refractivity contribution in [3.05, 3.63) is 0 Å². The number of carbonyl (C=O) groups is 3. The van der Waals surface area contributed by atoms with Gasteiger partial charge in [0.05, 0.1) is 20.3 Å². The molecule has 4 rings (SSSR count). The summed E-state index contributed by atoms with van der Waals surface area (Å²) in [6.07, 6.45) is 7.93. The van der Waals surface area contributed by atoms with Crippen LogP contribution in [0.25, 0.3) is 0 Å². The van der Waals surface area contributed by atoms with Crippen molar-refractivity contribution in [2.75, 3.05) is 20.3 Å². The number of rotatable bonds is 7. The Morgan fingerprint density at radius 2 is 1.64 bits per heavy atom. The van der Waals surface area contributed by atoms with Gasteiger partial charge in [-0.2, -0.15) is 0 Å². The monoisotopic (exact) mass is 352 g/mol. The van der Waals surface area contributed by atoms with E-state index in [2.05, 4.69) is 15.4 Å². The fourth-order valence-electron chi connectivity index (χ4n) is 5.66. The van der Waals surface area contributed by atoms with E-state index in [0.717, 1.165) is 37.0 Å². The molecule has 0 heterocycles. The van der Waals surface area contributed by atoms with Crippen LogP contribution in [0, 0.1) is 23.2 Å². The average molecular weight is 352 g/mol. The Morgan fingerprint density at radius 1 is 1.08 bits per heavy atom. The van der Waals surface area contributed by atoms with Gasteiger partial charge >= 0.3 is 5.97 Å². The zero-order valence-corrected chi connectivity index (χ0v) is 14.8. The highest BCUT2D eigenvalue weighted by Crippen LogP contribution is 2.61. The zero-order chi connectivity index (χ0) is 18.0. The Kier molecular flexibility index (Phi) is 5.32. The first-order chi connectivity index (χ1) is 11.9. The minimum atomic E-state index is -1.10. The fraction of sp³-hybridized carbons (Fsp3) is 0.833. The SMILES string of the molecule is COC(=O)[C@H](CO)NC(=O)CNC(=O)CC12CC3CC(CC(C3)C1)C2. The van der Waals surface area contributed by atoms with Gasteiger partial charge in [0, 0.05) is 6.42 Å². The van der Waals surface area contributed by atoms with E-state index in [1.807, 2.05) is 0 Å². The summed E-state index contributed by atoms with van der Waals surface area (Å²) in [5.74, 6) is 1.03. The van der Waals surface area contributed by atoms with E-state index in [4.69, 9.17) is 5.11 Å². The number of ether oxygens (including phenoxy) is 1. The molecule has 0 radical (unpaired) electrons. The molecule has 2 amide bonds. The van der Waals surface area contributed by atoms with Crippen LogP contribution in [-0.4, -0.2) is 49.2 Å². The van der Waals surface area contributed by atoms with Gasteiger partial charge < -0.3 is 20.5 Å². The van der Waals surface area contributed by atoms with Gasteiger partial charge in [0.15, 0.2) is 6.04 Å². The normalized spacial score (nSPS) is 33.6. The second kappa shape index (κ2) is 7.32. The van der Waals surface area contributed by atoms with E-state index in [9.17, 15) is 14.4 Å². The lowest BCUT2D eigenvalue weighted by molar-refractivity contribution is -0.146. The Hall–Kier alpha value is -1.63. The number of aliphatic hydroxyl groups excluding tert-OH is 1. The number of hydrogen-bond acceptors (Lipinski definition) is 5. The van der Waals surface area contributed by atoms with Crippen molar-refractivity contribution in [2.24, 2.45) is 23.2 Å². The number of aliphatic hydroxyl groups is 1. The topological polar surface area (TPSA) is 105 Å². The average Bonchev–Trinajstić information content (AvgIpc) is 2.55. The zero-order valence-electron chi connectivity index (χ0n) is 14.8. The number of esters is 1. The summed E-state index contributed by atoms with van der Waals surface area (Å²) in [5, 5.41) is 14.1. The number of hydrogen-bond donors (Lipinski definition) is 3. The van der Waals surface area contributed by atoms with Crippen molar-refractivity contribution in [3.8, 4) is 0 Å². The predicted octanol–water partition coefficient (Wildman–Crippen LogP) is 0.359. The standard InChI is InChI=1S/C18H28N2O5/c1-25-17(24)14(10-21)20-16(23)9-19-15(22)8-18-5-11-2-12(6-18)4-13(3-11)7-18/h11-14,21H,2-10H2,1H3,(H,19,22)(H,20,23)/t11?,12?,13?,14-,18?/m0/s1. The van der Waals surface area contributed by atoms with Gasteiger partial charge in [-0.15, -0.1) is 0 Å². The van der Waals surface area contributed by atoms with Crippen molar-refractivity contribution in [3.63, 3.8) is 0 Å². The molecule has 0 spiro atoms. The van der Waals surface area contributed by atoms with E-state index in [0.29, 0.717) is 6.42 Å². The van der Waals surface area contributed by atoms with Crippen LogP contribution in [0.3, 0.4) is 0 Å². The Labute approximate surface area is 147 Å². The molecule has 0 aromatic heterocycles. The van der Waals surface area contributed by atoms with E-state index in [1.165, 1.54) is 26.4 Å². The highest BCUT2D eigenvalue weighted by molar-refractivity contribution is 5.88. The minimum absolute atomic E-state index is 0.101. The van der Waals surface area contributed by atoms with Crippen LogP contribution >= 0.6 is 0 Å². The maximum atomic E-state index is 12.3. The van der Waals surface area contributed by atoms with Crippen LogP contribution in [0.15, 0.2) is 0 Å². The highest BCUT2D eigenvalue weighted by Gasteiger charge is 2.51. The van der Waals surface area contributed by atoms with Gasteiger partial charge in [-0.25, -0.2) is 4.79 Å². The molecule has 0 aliphatic heterocycles. The Bertz CT molecular complexity index is 512. The lowest BCUT2D eigenvalue weighted by Gasteiger charge is -2.56. The Balaban J connectivity index is 1.45. The predicted molar refractivity (Wildman–Crippen MR) is 89.3 cm³/mol. The van der Waals surface area contributed by atoms with Crippen LogP contribution in [-0.2, 0) is 19.1 Å². The van der Waals surface area contributed by atoms with Gasteiger partial charge in [-0.1, -0.05) is 0 Å². The summed E-state index contributed by atoms with van der Waals surface area (Å²) in [6, 6.07) is -1.10. The molecule has 4 saturated carbocycles. The molecular formula is C18H28N2O5. The molecule has 25 heavy (non-hydrogen) atoms. The summed E-state index contributed by atoms with van der Waals surface area (Å²) in [6.45, 7) is -0.738. The number of carbonyl (C=O) groups excluding carboxylic acids is 3.